The molecule has 0 spiro atoms. The van der Waals surface area contributed by atoms with Crippen molar-refractivity contribution in [1.82, 2.24) is 5.32 Å². The summed E-state index contributed by atoms with van der Waals surface area (Å²) < 4.78 is 19.2. The van der Waals surface area contributed by atoms with Gasteiger partial charge in [-0.25, -0.2) is 4.39 Å². The molecule has 2 fully saturated rings. The Morgan fingerprint density at radius 2 is 2.19 bits per heavy atom. The Hall–Kier alpha value is -0.930. The van der Waals surface area contributed by atoms with Gasteiger partial charge in [-0.1, -0.05) is 18.6 Å². The van der Waals surface area contributed by atoms with Gasteiger partial charge in [0, 0.05) is 19.2 Å². The molecule has 0 aromatic heterocycles. The molecule has 0 radical (unpaired) electrons. The maximum atomic E-state index is 13.5. The van der Waals surface area contributed by atoms with E-state index in [1.54, 1.807) is 6.07 Å². The van der Waals surface area contributed by atoms with Crippen molar-refractivity contribution in [1.29, 1.82) is 0 Å². The molecule has 0 amide bonds. The van der Waals surface area contributed by atoms with Crippen LogP contribution in [-0.2, 0) is 4.74 Å². The van der Waals surface area contributed by atoms with Crippen molar-refractivity contribution in [2.75, 3.05) is 13.2 Å². The van der Waals surface area contributed by atoms with Gasteiger partial charge in [-0.15, -0.1) is 0 Å². The Labute approximate surface area is 127 Å². The molecule has 2 nitrogen and oxygen atoms in total. The van der Waals surface area contributed by atoms with E-state index in [-0.39, 0.29) is 5.82 Å². The van der Waals surface area contributed by atoms with Crippen LogP contribution in [0.3, 0.4) is 0 Å². The number of rotatable bonds is 8. The van der Waals surface area contributed by atoms with Gasteiger partial charge in [-0.2, -0.15) is 0 Å². The number of benzene rings is 1. The molecule has 1 saturated carbocycles. The molecule has 1 aliphatic heterocycles. The molecule has 1 aromatic rings. The molecule has 2 aliphatic rings. The molecule has 1 N–H and O–H groups in total. The summed E-state index contributed by atoms with van der Waals surface area (Å²) in [5.74, 6) is 0.297. The zero-order valence-electron chi connectivity index (χ0n) is 12.7. The smallest absolute Gasteiger partial charge is 0.123 e. The summed E-state index contributed by atoms with van der Waals surface area (Å²) in [6, 6.07) is 7.83. The van der Waals surface area contributed by atoms with Gasteiger partial charge < -0.3 is 10.1 Å². The minimum Gasteiger partial charge on any atom is -0.378 e. The molecule has 1 saturated heterocycles. The van der Waals surface area contributed by atoms with Crippen LogP contribution in [0.5, 0.6) is 0 Å². The van der Waals surface area contributed by atoms with Crippen LogP contribution in [0.1, 0.15) is 56.4 Å². The normalized spacial score (nSPS) is 23.4. The molecule has 0 bridgehead atoms. The first-order chi connectivity index (χ1) is 10.3. The van der Waals surface area contributed by atoms with E-state index in [0.29, 0.717) is 18.1 Å². The van der Waals surface area contributed by atoms with Crippen molar-refractivity contribution in [3.05, 3.63) is 35.6 Å². The Morgan fingerprint density at radius 3 is 2.90 bits per heavy atom. The standard InChI is InChI=1S/C18H26FNO/c19-16-6-1-4-14(12-16)15(13-20-17-9-10-17)5-2-7-18-8-3-11-21-18/h1,4,6,12,15,17-18,20H,2-3,5,7-11,13H2. The SMILES string of the molecule is Fc1cccc(C(CCCC2CCCO2)CNC2CC2)c1. The third kappa shape index (κ3) is 4.79. The van der Waals surface area contributed by atoms with Crippen molar-refractivity contribution >= 4 is 0 Å². The van der Waals surface area contributed by atoms with E-state index in [9.17, 15) is 4.39 Å². The van der Waals surface area contributed by atoms with Gasteiger partial charge in [0.05, 0.1) is 6.10 Å². The predicted molar refractivity (Wildman–Crippen MR) is 83.0 cm³/mol. The molecule has 1 aliphatic carbocycles. The van der Waals surface area contributed by atoms with E-state index >= 15 is 0 Å². The van der Waals surface area contributed by atoms with Gasteiger partial charge in [0.25, 0.3) is 0 Å². The Morgan fingerprint density at radius 1 is 1.29 bits per heavy atom. The predicted octanol–water partition coefficient (Wildman–Crippen LogP) is 4.01. The van der Waals surface area contributed by atoms with Crippen LogP contribution in [0.4, 0.5) is 4.39 Å². The van der Waals surface area contributed by atoms with Crippen LogP contribution in [0.2, 0.25) is 0 Å². The van der Waals surface area contributed by atoms with Gasteiger partial charge in [0.1, 0.15) is 5.82 Å². The van der Waals surface area contributed by atoms with Crippen molar-refractivity contribution in [3.63, 3.8) is 0 Å². The summed E-state index contributed by atoms with van der Waals surface area (Å²) in [7, 11) is 0. The second kappa shape index (κ2) is 7.37. The summed E-state index contributed by atoms with van der Waals surface area (Å²) in [5, 5.41) is 3.60. The maximum absolute atomic E-state index is 13.5. The first-order valence-electron chi connectivity index (χ1n) is 8.42. The summed E-state index contributed by atoms with van der Waals surface area (Å²) in [6.07, 6.45) is 8.91. The average molecular weight is 291 g/mol. The summed E-state index contributed by atoms with van der Waals surface area (Å²) in [4.78, 5) is 0. The van der Waals surface area contributed by atoms with E-state index in [1.807, 2.05) is 6.07 Å². The average Bonchev–Trinajstić information content (AvgIpc) is 3.17. The fourth-order valence-electron chi connectivity index (χ4n) is 3.21. The molecule has 3 heteroatoms. The van der Waals surface area contributed by atoms with Crippen LogP contribution in [-0.4, -0.2) is 25.3 Å². The zero-order valence-corrected chi connectivity index (χ0v) is 12.7. The van der Waals surface area contributed by atoms with Crippen LogP contribution in [0.15, 0.2) is 24.3 Å². The Kier molecular flexibility index (Phi) is 5.26. The fraction of sp³-hybridized carbons (Fsp3) is 0.667. The highest BCUT2D eigenvalue weighted by atomic mass is 19.1. The van der Waals surface area contributed by atoms with Crippen LogP contribution in [0, 0.1) is 5.82 Å². The lowest BCUT2D eigenvalue weighted by Crippen LogP contribution is -2.24. The van der Waals surface area contributed by atoms with E-state index in [4.69, 9.17) is 4.74 Å². The molecule has 2 atom stereocenters. The topological polar surface area (TPSA) is 21.3 Å². The van der Waals surface area contributed by atoms with Crippen molar-refractivity contribution in [2.24, 2.45) is 0 Å². The number of hydrogen-bond donors (Lipinski definition) is 1. The summed E-state index contributed by atoms with van der Waals surface area (Å²) in [6.45, 7) is 1.90. The minimum absolute atomic E-state index is 0.122. The van der Waals surface area contributed by atoms with E-state index in [0.717, 1.165) is 38.0 Å². The van der Waals surface area contributed by atoms with E-state index in [2.05, 4.69) is 11.4 Å². The van der Waals surface area contributed by atoms with Crippen LogP contribution >= 0.6 is 0 Å². The first-order valence-corrected chi connectivity index (χ1v) is 8.42. The molecule has 1 heterocycles. The van der Waals surface area contributed by atoms with Gasteiger partial charge in [-0.05, 0) is 62.1 Å². The number of ether oxygens (including phenoxy) is 1. The third-order valence-corrected chi connectivity index (χ3v) is 4.65. The first kappa shape index (κ1) is 15.0. The monoisotopic (exact) mass is 291 g/mol. The van der Waals surface area contributed by atoms with Crippen LogP contribution < -0.4 is 5.32 Å². The zero-order chi connectivity index (χ0) is 14.5. The molecular formula is C18H26FNO. The summed E-state index contributed by atoms with van der Waals surface area (Å²) >= 11 is 0. The highest BCUT2D eigenvalue weighted by Crippen LogP contribution is 2.27. The largest absolute Gasteiger partial charge is 0.378 e. The maximum Gasteiger partial charge on any atom is 0.123 e. The minimum atomic E-state index is -0.122. The highest BCUT2D eigenvalue weighted by molar-refractivity contribution is 5.21. The highest BCUT2D eigenvalue weighted by Gasteiger charge is 2.23. The van der Waals surface area contributed by atoms with E-state index < -0.39 is 0 Å². The molecule has 2 unspecified atom stereocenters. The molecular weight excluding hydrogens is 265 g/mol. The molecule has 21 heavy (non-hydrogen) atoms. The Bertz CT molecular complexity index is 441. The summed E-state index contributed by atoms with van der Waals surface area (Å²) in [5.41, 5.74) is 1.13. The van der Waals surface area contributed by atoms with Gasteiger partial charge in [0.2, 0.25) is 0 Å². The van der Waals surface area contributed by atoms with Gasteiger partial charge in [0.15, 0.2) is 0 Å². The lowest BCUT2D eigenvalue weighted by molar-refractivity contribution is 0.101. The number of halogens is 1. The van der Waals surface area contributed by atoms with Gasteiger partial charge in [-0.3, -0.25) is 0 Å². The van der Waals surface area contributed by atoms with Crippen molar-refractivity contribution in [3.8, 4) is 0 Å². The van der Waals surface area contributed by atoms with Crippen molar-refractivity contribution in [2.45, 2.75) is 63.0 Å². The fourth-order valence-corrected chi connectivity index (χ4v) is 3.21. The number of nitrogens with one attached hydrogen (secondary N) is 1. The van der Waals surface area contributed by atoms with Gasteiger partial charge >= 0.3 is 0 Å². The molecule has 3 rings (SSSR count). The van der Waals surface area contributed by atoms with E-state index in [1.165, 1.54) is 31.7 Å². The molecule has 116 valence electrons. The quantitative estimate of drug-likeness (QED) is 0.781. The molecule has 1 aromatic carbocycles. The second-order valence-electron chi connectivity index (χ2n) is 6.50. The lowest BCUT2D eigenvalue weighted by atomic mass is 9.92. The number of hydrogen-bond acceptors (Lipinski definition) is 2. The second-order valence-corrected chi connectivity index (χ2v) is 6.50. The third-order valence-electron chi connectivity index (χ3n) is 4.65. The van der Waals surface area contributed by atoms with Crippen molar-refractivity contribution < 1.29 is 9.13 Å². The van der Waals surface area contributed by atoms with Crippen LogP contribution in [0.25, 0.3) is 0 Å². The Balaban J connectivity index is 1.52. The lowest BCUT2D eigenvalue weighted by Gasteiger charge is -2.19.